The molecule has 0 unspecified atom stereocenters. The van der Waals surface area contributed by atoms with Gasteiger partial charge in [0.05, 0.1) is 17.8 Å². The summed E-state index contributed by atoms with van der Waals surface area (Å²) in [6.45, 7) is -0.243. The number of hydrogen-bond donors (Lipinski definition) is 0. The zero-order valence-corrected chi connectivity index (χ0v) is 16.3. The van der Waals surface area contributed by atoms with Gasteiger partial charge in [-0.1, -0.05) is 6.07 Å². The van der Waals surface area contributed by atoms with E-state index in [0.717, 1.165) is 28.7 Å². The van der Waals surface area contributed by atoms with E-state index in [0.29, 0.717) is 12.3 Å². The molecule has 0 amide bonds. The molecule has 2 heterocycles. The van der Waals surface area contributed by atoms with E-state index in [1.54, 1.807) is 0 Å². The van der Waals surface area contributed by atoms with Crippen molar-refractivity contribution < 1.29 is 35.1 Å². The number of nitrogens with zero attached hydrogens (tertiary/aromatic N) is 2. The minimum atomic E-state index is -4.77. The molecular weight excluding hydrogens is 443 g/mol. The smallest absolute Gasteiger partial charge is 0.417 e. The molecule has 0 saturated heterocycles. The molecule has 4 rings (SSSR count). The molecule has 0 fully saturated rings. The van der Waals surface area contributed by atoms with E-state index in [4.69, 9.17) is 4.74 Å². The van der Waals surface area contributed by atoms with Gasteiger partial charge >= 0.3 is 6.18 Å². The van der Waals surface area contributed by atoms with Crippen LogP contribution < -0.4 is 9.04 Å². The normalized spacial score (nSPS) is 14.2. The first-order valence-corrected chi connectivity index (χ1v) is 10.3. The molecule has 31 heavy (non-hydrogen) atoms. The van der Waals surface area contributed by atoms with Crippen molar-refractivity contribution in [1.82, 2.24) is 4.98 Å². The Kier molecular flexibility index (Phi) is 5.08. The summed E-state index contributed by atoms with van der Waals surface area (Å²) in [6, 6.07) is 7.43. The van der Waals surface area contributed by atoms with Crippen molar-refractivity contribution in [2.75, 3.05) is 17.5 Å². The van der Waals surface area contributed by atoms with Gasteiger partial charge in [0, 0.05) is 18.0 Å². The van der Waals surface area contributed by atoms with Gasteiger partial charge in [0.1, 0.15) is 28.9 Å². The molecule has 5 nitrogen and oxygen atoms in total. The lowest BCUT2D eigenvalue weighted by atomic mass is 10.0. The van der Waals surface area contributed by atoms with Gasteiger partial charge in [0.25, 0.3) is 10.0 Å². The lowest BCUT2D eigenvalue weighted by molar-refractivity contribution is -0.138. The Morgan fingerprint density at radius 2 is 1.77 bits per heavy atom. The summed E-state index contributed by atoms with van der Waals surface area (Å²) in [5.74, 6) is -1.28. The maximum atomic E-state index is 14.2. The van der Waals surface area contributed by atoms with Crippen molar-refractivity contribution >= 4 is 15.7 Å². The minimum absolute atomic E-state index is 0.00942. The second kappa shape index (κ2) is 7.49. The van der Waals surface area contributed by atoms with E-state index in [9.17, 15) is 30.4 Å². The summed E-state index contributed by atoms with van der Waals surface area (Å²) in [5.41, 5.74) is -1.16. The molecule has 0 radical (unpaired) electrons. The lowest BCUT2D eigenvalue weighted by Gasteiger charge is -2.31. The molecule has 0 saturated carbocycles. The fourth-order valence-corrected chi connectivity index (χ4v) is 4.61. The Morgan fingerprint density at radius 1 is 1.00 bits per heavy atom. The van der Waals surface area contributed by atoms with E-state index in [1.807, 2.05) is 0 Å². The van der Waals surface area contributed by atoms with Crippen LogP contribution in [0.3, 0.4) is 0 Å². The summed E-state index contributed by atoms with van der Waals surface area (Å²) < 4.78 is 99.4. The third kappa shape index (κ3) is 3.92. The summed E-state index contributed by atoms with van der Waals surface area (Å²) in [6.07, 6.45) is -3.43. The van der Waals surface area contributed by atoms with Crippen molar-refractivity contribution in [3.63, 3.8) is 0 Å². The molecule has 1 aromatic heterocycles. The van der Waals surface area contributed by atoms with Gasteiger partial charge in [-0.3, -0.25) is 9.29 Å². The molecule has 0 spiro atoms. The number of aromatic nitrogens is 1. The minimum Gasteiger partial charge on any atom is -0.489 e. The van der Waals surface area contributed by atoms with Crippen molar-refractivity contribution in [2.45, 2.75) is 11.1 Å². The monoisotopic (exact) mass is 456 g/mol. The maximum Gasteiger partial charge on any atom is 0.417 e. The van der Waals surface area contributed by atoms with Crippen LogP contribution in [0.15, 0.2) is 59.8 Å². The highest BCUT2D eigenvalue weighted by atomic mass is 32.2. The van der Waals surface area contributed by atoms with Crippen LogP contribution in [0.4, 0.5) is 27.6 Å². The van der Waals surface area contributed by atoms with Gasteiger partial charge in [-0.2, -0.15) is 13.2 Å². The predicted octanol–water partition coefficient (Wildman–Crippen LogP) is 4.63. The Morgan fingerprint density at radius 3 is 2.52 bits per heavy atom. The molecule has 0 bridgehead atoms. The zero-order valence-electron chi connectivity index (χ0n) is 15.5. The number of hydrogen-bond acceptors (Lipinski definition) is 4. The number of ether oxygens (including phenoxy) is 1. The summed E-state index contributed by atoms with van der Waals surface area (Å²) in [5, 5.41) is 0. The lowest BCUT2D eigenvalue weighted by Crippen LogP contribution is -2.38. The first-order chi connectivity index (χ1) is 14.6. The number of pyridine rings is 1. The van der Waals surface area contributed by atoms with Gasteiger partial charge in [0.15, 0.2) is 0 Å². The van der Waals surface area contributed by atoms with Crippen molar-refractivity contribution in [2.24, 2.45) is 0 Å². The quantitative estimate of drug-likeness (QED) is 0.539. The SMILES string of the molecule is O=S(=O)(c1cncc(C(F)(F)F)c1)N1CCOc2ccc(-c3cc(F)ccc3F)cc21. The second-order valence-corrected chi connectivity index (χ2v) is 8.50. The summed E-state index contributed by atoms with van der Waals surface area (Å²) in [4.78, 5) is 2.75. The molecular formula is C20H13F5N2O3S. The van der Waals surface area contributed by atoms with Crippen LogP contribution in [0, 0.1) is 11.6 Å². The van der Waals surface area contributed by atoms with E-state index in [-0.39, 0.29) is 35.7 Å². The van der Waals surface area contributed by atoms with Gasteiger partial charge in [-0.05, 0) is 42.0 Å². The standard InChI is InChI=1S/C20H13F5N2O3S/c21-14-2-3-17(22)16(9-14)12-1-4-19-18(7-12)27(5-6-30-19)31(28,29)15-8-13(10-26-11-15)20(23,24)25/h1-4,7-11H,5-6H2. The summed E-state index contributed by atoms with van der Waals surface area (Å²) in [7, 11) is -4.45. The van der Waals surface area contributed by atoms with E-state index >= 15 is 0 Å². The Hall–Kier alpha value is -3.21. The number of sulfonamides is 1. The second-order valence-electron chi connectivity index (χ2n) is 6.64. The Labute approximate surface area is 173 Å². The predicted molar refractivity (Wildman–Crippen MR) is 101 cm³/mol. The van der Waals surface area contributed by atoms with Crippen LogP contribution in [0.5, 0.6) is 5.75 Å². The van der Waals surface area contributed by atoms with Crippen molar-refractivity contribution in [1.29, 1.82) is 0 Å². The summed E-state index contributed by atoms with van der Waals surface area (Å²) >= 11 is 0. The van der Waals surface area contributed by atoms with Gasteiger partial charge in [-0.15, -0.1) is 0 Å². The first kappa shape index (κ1) is 21.0. The third-order valence-electron chi connectivity index (χ3n) is 4.65. The fraction of sp³-hybridized carbons (Fsp3) is 0.150. The van der Waals surface area contributed by atoms with Crippen LogP contribution in [-0.4, -0.2) is 26.6 Å². The first-order valence-electron chi connectivity index (χ1n) is 8.84. The topological polar surface area (TPSA) is 59.5 Å². The van der Waals surface area contributed by atoms with Gasteiger partial charge < -0.3 is 4.74 Å². The fourth-order valence-electron chi connectivity index (χ4n) is 3.17. The van der Waals surface area contributed by atoms with Crippen LogP contribution in [-0.2, 0) is 16.2 Å². The average molecular weight is 456 g/mol. The molecule has 0 N–H and O–H groups in total. The maximum absolute atomic E-state index is 14.2. The highest BCUT2D eigenvalue weighted by Crippen LogP contribution is 2.39. The number of alkyl halides is 3. The molecule has 162 valence electrons. The largest absolute Gasteiger partial charge is 0.489 e. The molecule has 11 heteroatoms. The van der Waals surface area contributed by atoms with Crippen molar-refractivity contribution in [3.05, 3.63) is 72.1 Å². The number of rotatable bonds is 3. The molecule has 2 aromatic carbocycles. The van der Waals surface area contributed by atoms with Crippen LogP contribution in [0.25, 0.3) is 11.1 Å². The molecule has 0 aliphatic carbocycles. The van der Waals surface area contributed by atoms with Gasteiger partial charge in [-0.25, -0.2) is 17.2 Å². The Balaban J connectivity index is 1.82. The van der Waals surface area contributed by atoms with Crippen molar-refractivity contribution in [3.8, 4) is 16.9 Å². The number of anilines is 1. The van der Waals surface area contributed by atoms with E-state index in [2.05, 4.69) is 4.98 Å². The number of fused-ring (bicyclic) bond motifs is 1. The molecule has 1 aliphatic heterocycles. The Bertz CT molecular complexity index is 1260. The van der Waals surface area contributed by atoms with Gasteiger partial charge in [0.2, 0.25) is 0 Å². The molecule has 0 atom stereocenters. The average Bonchev–Trinajstić information content (AvgIpc) is 2.74. The molecule has 3 aromatic rings. The molecule has 1 aliphatic rings. The highest BCUT2D eigenvalue weighted by Gasteiger charge is 2.35. The number of halogens is 5. The third-order valence-corrected chi connectivity index (χ3v) is 6.43. The van der Waals surface area contributed by atoms with Crippen LogP contribution >= 0.6 is 0 Å². The van der Waals surface area contributed by atoms with E-state index in [1.165, 1.54) is 18.2 Å². The number of benzene rings is 2. The zero-order chi connectivity index (χ0) is 22.4. The van der Waals surface area contributed by atoms with Crippen LogP contribution in [0.2, 0.25) is 0 Å². The van der Waals surface area contributed by atoms with Crippen LogP contribution in [0.1, 0.15) is 5.56 Å². The highest BCUT2D eigenvalue weighted by molar-refractivity contribution is 7.92. The van der Waals surface area contributed by atoms with E-state index < -0.39 is 38.3 Å².